The van der Waals surface area contributed by atoms with Gasteiger partial charge in [0, 0.05) is 11.1 Å². The second-order valence-electron chi connectivity index (χ2n) is 6.39. The summed E-state index contributed by atoms with van der Waals surface area (Å²) in [6.45, 7) is 6.18. The molecule has 0 atom stereocenters. The first-order valence-electron chi connectivity index (χ1n) is 8.42. The normalized spacial score (nSPS) is 10.9. The molecule has 2 aromatic carbocycles. The molecule has 0 unspecified atom stereocenters. The quantitative estimate of drug-likeness (QED) is 0.737. The molecule has 1 heterocycles. The van der Waals surface area contributed by atoms with E-state index in [1.165, 1.54) is 5.56 Å². The lowest BCUT2D eigenvalue weighted by Gasteiger charge is -2.11. The Kier molecular flexibility index (Phi) is 4.98. The molecule has 0 saturated carbocycles. The molecule has 1 N–H and O–H groups in total. The molecule has 4 heteroatoms. The highest BCUT2D eigenvalue weighted by Gasteiger charge is 2.08. The predicted molar refractivity (Wildman–Crippen MR) is 101 cm³/mol. The molecule has 0 bridgehead atoms. The van der Waals surface area contributed by atoms with Crippen LogP contribution in [-0.4, -0.2) is 17.5 Å². The molecule has 128 valence electrons. The van der Waals surface area contributed by atoms with Crippen molar-refractivity contribution < 1.29 is 9.53 Å². The van der Waals surface area contributed by atoms with Crippen molar-refractivity contribution in [2.75, 3.05) is 11.9 Å². The second kappa shape index (κ2) is 7.34. The van der Waals surface area contributed by atoms with E-state index in [0.29, 0.717) is 17.4 Å². The summed E-state index contributed by atoms with van der Waals surface area (Å²) in [5.41, 5.74) is 3.65. The highest BCUT2D eigenvalue weighted by atomic mass is 16.5. The van der Waals surface area contributed by atoms with Gasteiger partial charge in [0.25, 0.3) is 5.91 Å². The van der Waals surface area contributed by atoms with Gasteiger partial charge in [0.1, 0.15) is 5.75 Å². The fourth-order valence-corrected chi connectivity index (χ4v) is 2.63. The maximum atomic E-state index is 12.2. The first kappa shape index (κ1) is 17.0. The van der Waals surface area contributed by atoms with Crippen LogP contribution in [0.2, 0.25) is 0 Å². The predicted octanol–water partition coefficient (Wildman–Crippen LogP) is 4.68. The minimum absolute atomic E-state index is 0.0385. The summed E-state index contributed by atoms with van der Waals surface area (Å²) in [5, 5.41) is 3.88. The fourth-order valence-electron chi connectivity index (χ4n) is 2.63. The van der Waals surface area contributed by atoms with E-state index in [0.717, 1.165) is 16.6 Å². The molecule has 0 aliphatic heterocycles. The van der Waals surface area contributed by atoms with Crippen molar-refractivity contribution in [3.8, 4) is 5.75 Å². The molecule has 0 fully saturated rings. The number of anilines is 1. The van der Waals surface area contributed by atoms with Gasteiger partial charge in [-0.05, 0) is 42.7 Å². The third-order valence-electron chi connectivity index (χ3n) is 4.05. The van der Waals surface area contributed by atoms with Crippen LogP contribution in [0.3, 0.4) is 0 Å². The first-order chi connectivity index (χ1) is 12.0. The van der Waals surface area contributed by atoms with Crippen molar-refractivity contribution in [1.82, 2.24) is 4.98 Å². The summed E-state index contributed by atoms with van der Waals surface area (Å²) in [7, 11) is 0. The molecule has 0 spiro atoms. The van der Waals surface area contributed by atoms with Crippen molar-refractivity contribution in [3.05, 3.63) is 65.9 Å². The highest BCUT2D eigenvalue weighted by molar-refractivity contribution is 6.00. The van der Waals surface area contributed by atoms with Crippen LogP contribution in [0, 0.1) is 6.92 Å². The molecule has 0 saturated heterocycles. The largest absolute Gasteiger partial charge is 0.484 e. The summed E-state index contributed by atoms with van der Waals surface area (Å²) in [5.74, 6) is 0.954. The maximum Gasteiger partial charge on any atom is 0.262 e. The summed E-state index contributed by atoms with van der Waals surface area (Å²) >= 11 is 0. The van der Waals surface area contributed by atoms with Gasteiger partial charge in [-0.25, -0.2) is 0 Å². The number of hydrogen-bond acceptors (Lipinski definition) is 3. The molecular formula is C21H22N2O2. The number of aryl methyl sites for hydroxylation is 1. The van der Waals surface area contributed by atoms with E-state index in [-0.39, 0.29) is 12.5 Å². The van der Waals surface area contributed by atoms with Crippen LogP contribution in [0.1, 0.15) is 31.0 Å². The van der Waals surface area contributed by atoms with Crippen LogP contribution >= 0.6 is 0 Å². The molecule has 3 rings (SSSR count). The summed E-state index contributed by atoms with van der Waals surface area (Å²) in [4.78, 5) is 16.7. The van der Waals surface area contributed by atoms with E-state index in [4.69, 9.17) is 4.74 Å². The maximum absolute atomic E-state index is 12.2. The summed E-state index contributed by atoms with van der Waals surface area (Å²) in [6, 6.07) is 17.5. The van der Waals surface area contributed by atoms with Crippen molar-refractivity contribution in [2.45, 2.75) is 26.7 Å². The Bertz CT molecular complexity index is 886. The summed E-state index contributed by atoms with van der Waals surface area (Å²) < 4.78 is 5.58. The van der Waals surface area contributed by atoms with E-state index < -0.39 is 0 Å². The van der Waals surface area contributed by atoms with E-state index in [1.54, 1.807) is 0 Å². The number of carbonyl (C=O) groups is 1. The van der Waals surface area contributed by atoms with Crippen molar-refractivity contribution in [1.29, 1.82) is 0 Å². The van der Waals surface area contributed by atoms with Crippen LogP contribution in [0.5, 0.6) is 5.75 Å². The number of aromatic nitrogens is 1. The molecule has 4 nitrogen and oxygen atoms in total. The zero-order valence-corrected chi connectivity index (χ0v) is 14.7. The van der Waals surface area contributed by atoms with Gasteiger partial charge in [-0.1, -0.05) is 44.2 Å². The lowest BCUT2D eigenvalue weighted by molar-refractivity contribution is -0.118. The minimum Gasteiger partial charge on any atom is -0.484 e. The fraction of sp³-hybridized carbons (Fsp3) is 0.238. The van der Waals surface area contributed by atoms with Crippen molar-refractivity contribution >= 4 is 22.5 Å². The van der Waals surface area contributed by atoms with E-state index in [1.807, 2.05) is 61.5 Å². The van der Waals surface area contributed by atoms with Crippen molar-refractivity contribution in [2.24, 2.45) is 0 Å². The SMILES string of the molecule is Cc1ccc2cccc(NC(=O)COc3ccc(C(C)C)cc3)c2n1. The molecule has 0 aliphatic rings. The molecule has 0 aliphatic carbocycles. The van der Waals surface area contributed by atoms with Crippen molar-refractivity contribution in [3.63, 3.8) is 0 Å². The minimum atomic E-state index is -0.205. The number of hydrogen-bond donors (Lipinski definition) is 1. The average Bonchev–Trinajstić information content (AvgIpc) is 2.61. The van der Waals surface area contributed by atoms with Gasteiger partial charge < -0.3 is 10.1 Å². The molecule has 1 amide bonds. The monoisotopic (exact) mass is 334 g/mol. The Hall–Kier alpha value is -2.88. The van der Waals surface area contributed by atoms with Crippen LogP contribution in [0.15, 0.2) is 54.6 Å². The Labute approximate surface area is 147 Å². The van der Waals surface area contributed by atoms with Gasteiger partial charge in [-0.3, -0.25) is 9.78 Å². The molecule has 0 radical (unpaired) electrons. The number of pyridine rings is 1. The number of carbonyl (C=O) groups excluding carboxylic acids is 1. The van der Waals surface area contributed by atoms with Crippen LogP contribution in [0.4, 0.5) is 5.69 Å². The Morgan fingerprint density at radius 1 is 1.08 bits per heavy atom. The number of ether oxygens (including phenoxy) is 1. The van der Waals surface area contributed by atoms with Crippen LogP contribution in [0.25, 0.3) is 10.9 Å². The lowest BCUT2D eigenvalue weighted by Crippen LogP contribution is -2.20. The van der Waals surface area contributed by atoms with Gasteiger partial charge in [0.15, 0.2) is 6.61 Å². The number of benzene rings is 2. The number of nitrogens with zero attached hydrogens (tertiary/aromatic N) is 1. The highest BCUT2D eigenvalue weighted by Crippen LogP contribution is 2.22. The van der Waals surface area contributed by atoms with Gasteiger partial charge in [-0.15, -0.1) is 0 Å². The van der Waals surface area contributed by atoms with Gasteiger partial charge in [0.05, 0.1) is 11.2 Å². The van der Waals surface area contributed by atoms with Crippen LogP contribution in [-0.2, 0) is 4.79 Å². The standard InChI is InChI=1S/C21H22N2O2/c1-14(2)16-9-11-18(12-10-16)25-13-20(24)23-19-6-4-5-17-8-7-15(3)22-21(17)19/h4-12,14H,13H2,1-3H3,(H,23,24). The first-order valence-corrected chi connectivity index (χ1v) is 8.42. The van der Waals surface area contributed by atoms with Gasteiger partial charge >= 0.3 is 0 Å². The third kappa shape index (κ3) is 4.15. The van der Waals surface area contributed by atoms with E-state index >= 15 is 0 Å². The number of nitrogens with one attached hydrogen (secondary N) is 1. The average molecular weight is 334 g/mol. The molecule has 3 aromatic rings. The van der Waals surface area contributed by atoms with E-state index in [2.05, 4.69) is 24.1 Å². The Balaban J connectivity index is 1.66. The van der Waals surface area contributed by atoms with E-state index in [9.17, 15) is 4.79 Å². The number of rotatable bonds is 5. The zero-order valence-electron chi connectivity index (χ0n) is 14.7. The van der Waals surface area contributed by atoms with Crippen LogP contribution < -0.4 is 10.1 Å². The third-order valence-corrected chi connectivity index (χ3v) is 4.05. The Morgan fingerprint density at radius 2 is 1.84 bits per heavy atom. The molecule has 1 aromatic heterocycles. The smallest absolute Gasteiger partial charge is 0.262 e. The second-order valence-corrected chi connectivity index (χ2v) is 6.39. The summed E-state index contributed by atoms with van der Waals surface area (Å²) in [6.07, 6.45) is 0. The Morgan fingerprint density at radius 3 is 2.56 bits per heavy atom. The zero-order chi connectivity index (χ0) is 17.8. The number of para-hydroxylation sites is 1. The molecular weight excluding hydrogens is 312 g/mol. The molecule has 25 heavy (non-hydrogen) atoms. The van der Waals surface area contributed by atoms with Gasteiger partial charge in [-0.2, -0.15) is 0 Å². The topological polar surface area (TPSA) is 51.2 Å². The lowest BCUT2D eigenvalue weighted by atomic mass is 10.0. The van der Waals surface area contributed by atoms with Gasteiger partial charge in [0.2, 0.25) is 0 Å². The number of fused-ring (bicyclic) bond motifs is 1. The number of amides is 1.